The van der Waals surface area contributed by atoms with Crippen LogP contribution in [0.4, 0.5) is 0 Å². The molecular formula is C10H16N4O2S. The van der Waals surface area contributed by atoms with Crippen molar-refractivity contribution in [3.63, 3.8) is 0 Å². The van der Waals surface area contributed by atoms with Crippen LogP contribution in [0.3, 0.4) is 0 Å². The molecule has 94 valence electrons. The van der Waals surface area contributed by atoms with E-state index in [1.54, 1.807) is 27.8 Å². The first-order valence-electron chi connectivity index (χ1n) is 5.11. The van der Waals surface area contributed by atoms with Gasteiger partial charge in [0.1, 0.15) is 10.9 Å². The third kappa shape index (κ3) is 2.18. The lowest BCUT2D eigenvalue weighted by Gasteiger charge is -2.19. The fourth-order valence-electron chi connectivity index (χ4n) is 1.56. The Labute approximate surface area is 102 Å². The molecule has 1 atom stereocenters. The molecule has 0 saturated heterocycles. The fourth-order valence-corrected chi connectivity index (χ4v) is 3.23. The molecule has 0 fully saturated rings. The van der Waals surface area contributed by atoms with E-state index in [1.807, 2.05) is 6.07 Å². The molecule has 17 heavy (non-hydrogen) atoms. The molecule has 1 unspecified atom stereocenters. The Balaban J connectivity index is 3.38. The van der Waals surface area contributed by atoms with Crippen LogP contribution in [0.2, 0.25) is 0 Å². The standard InChI is InChI=1S/C10H16N4O2S/c1-7(6-11)14(5)17(15,16)10-8(2)12-13(4)9(10)3/h7H,1-5H3. The predicted octanol–water partition coefficient (Wildman–Crippen LogP) is 0.570. The molecule has 0 aliphatic carbocycles. The summed E-state index contributed by atoms with van der Waals surface area (Å²) < 4.78 is 27.2. The second-order valence-electron chi connectivity index (χ2n) is 3.95. The maximum absolute atomic E-state index is 12.3. The van der Waals surface area contributed by atoms with E-state index in [1.165, 1.54) is 11.7 Å². The van der Waals surface area contributed by atoms with Crippen molar-refractivity contribution in [2.45, 2.75) is 31.7 Å². The number of rotatable bonds is 3. The van der Waals surface area contributed by atoms with Crippen molar-refractivity contribution in [1.82, 2.24) is 14.1 Å². The molecule has 0 aliphatic heterocycles. The van der Waals surface area contributed by atoms with Crippen molar-refractivity contribution < 1.29 is 8.42 Å². The van der Waals surface area contributed by atoms with E-state index in [2.05, 4.69) is 5.10 Å². The Morgan fingerprint density at radius 1 is 1.47 bits per heavy atom. The summed E-state index contributed by atoms with van der Waals surface area (Å²) in [5.74, 6) is 0. The van der Waals surface area contributed by atoms with E-state index in [-0.39, 0.29) is 4.90 Å². The zero-order valence-corrected chi connectivity index (χ0v) is 11.4. The van der Waals surface area contributed by atoms with Crippen LogP contribution in [0.1, 0.15) is 18.3 Å². The van der Waals surface area contributed by atoms with Crippen molar-refractivity contribution >= 4 is 10.0 Å². The molecule has 1 heterocycles. The largest absolute Gasteiger partial charge is 0.271 e. The topological polar surface area (TPSA) is 79.0 Å². The normalized spacial score (nSPS) is 13.7. The maximum atomic E-state index is 12.3. The predicted molar refractivity (Wildman–Crippen MR) is 62.7 cm³/mol. The molecule has 0 radical (unpaired) electrons. The summed E-state index contributed by atoms with van der Waals surface area (Å²) in [5, 5.41) is 12.9. The van der Waals surface area contributed by atoms with Gasteiger partial charge < -0.3 is 0 Å². The lowest BCUT2D eigenvalue weighted by Crippen LogP contribution is -2.34. The zero-order chi connectivity index (χ0) is 13.4. The molecule has 0 aromatic carbocycles. The number of aryl methyl sites for hydroxylation is 2. The van der Waals surface area contributed by atoms with Crippen LogP contribution in [0.5, 0.6) is 0 Å². The second-order valence-corrected chi connectivity index (χ2v) is 5.88. The van der Waals surface area contributed by atoms with Gasteiger partial charge >= 0.3 is 0 Å². The van der Waals surface area contributed by atoms with Gasteiger partial charge in [-0.2, -0.15) is 14.7 Å². The van der Waals surface area contributed by atoms with E-state index in [0.717, 1.165) is 4.31 Å². The fraction of sp³-hybridized carbons (Fsp3) is 0.600. The lowest BCUT2D eigenvalue weighted by molar-refractivity contribution is 0.441. The molecule has 0 amide bonds. The molecule has 1 rings (SSSR count). The molecule has 0 saturated carbocycles. The highest BCUT2D eigenvalue weighted by atomic mass is 32.2. The van der Waals surface area contributed by atoms with Gasteiger partial charge in [-0.05, 0) is 20.8 Å². The minimum absolute atomic E-state index is 0.185. The highest BCUT2D eigenvalue weighted by Crippen LogP contribution is 2.23. The van der Waals surface area contributed by atoms with Gasteiger partial charge in [-0.15, -0.1) is 0 Å². The van der Waals surface area contributed by atoms with Crippen molar-refractivity contribution in [2.24, 2.45) is 7.05 Å². The van der Waals surface area contributed by atoms with Crippen LogP contribution in [-0.4, -0.2) is 35.6 Å². The van der Waals surface area contributed by atoms with E-state index < -0.39 is 16.1 Å². The summed E-state index contributed by atoms with van der Waals surface area (Å²) in [5.41, 5.74) is 1.02. The summed E-state index contributed by atoms with van der Waals surface area (Å²) in [7, 11) is -0.576. The van der Waals surface area contributed by atoms with Gasteiger partial charge in [0.25, 0.3) is 0 Å². The van der Waals surface area contributed by atoms with Gasteiger partial charge in [0, 0.05) is 14.1 Å². The molecule has 0 N–H and O–H groups in total. The van der Waals surface area contributed by atoms with Gasteiger partial charge in [-0.25, -0.2) is 8.42 Å². The Morgan fingerprint density at radius 3 is 2.35 bits per heavy atom. The average molecular weight is 256 g/mol. The highest BCUT2D eigenvalue weighted by Gasteiger charge is 2.30. The molecule has 0 bridgehead atoms. The Morgan fingerprint density at radius 2 is 2.00 bits per heavy atom. The second kappa shape index (κ2) is 4.47. The van der Waals surface area contributed by atoms with Crippen molar-refractivity contribution in [3.05, 3.63) is 11.4 Å². The van der Waals surface area contributed by atoms with Crippen LogP contribution in [0.25, 0.3) is 0 Å². The van der Waals surface area contributed by atoms with Crippen LogP contribution in [-0.2, 0) is 17.1 Å². The number of nitriles is 1. The van der Waals surface area contributed by atoms with Gasteiger partial charge in [0.05, 0.1) is 17.5 Å². The lowest BCUT2D eigenvalue weighted by atomic mass is 10.4. The summed E-state index contributed by atoms with van der Waals surface area (Å²) in [6.07, 6.45) is 0. The van der Waals surface area contributed by atoms with E-state index in [0.29, 0.717) is 11.4 Å². The Hall–Kier alpha value is -1.39. The van der Waals surface area contributed by atoms with Crippen LogP contribution in [0.15, 0.2) is 4.90 Å². The number of hydrogen-bond donors (Lipinski definition) is 0. The third-order valence-electron chi connectivity index (χ3n) is 2.81. The number of aromatic nitrogens is 2. The minimum Gasteiger partial charge on any atom is -0.271 e. The zero-order valence-electron chi connectivity index (χ0n) is 10.6. The monoisotopic (exact) mass is 256 g/mol. The molecule has 6 nitrogen and oxygen atoms in total. The number of sulfonamides is 1. The summed E-state index contributed by atoms with van der Waals surface area (Å²) >= 11 is 0. The summed E-state index contributed by atoms with van der Waals surface area (Å²) in [6, 6.07) is 1.20. The van der Waals surface area contributed by atoms with E-state index in [9.17, 15) is 8.42 Å². The molecule has 1 aromatic rings. The SMILES string of the molecule is Cc1nn(C)c(C)c1S(=O)(=O)N(C)C(C)C#N. The average Bonchev–Trinajstić information content (AvgIpc) is 2.51. The molecular weight excluding hydrogens is 240 g/mol. The van der Waals surface area contributed by atoms with Gasteiger partial charge in [-0.3, -0.25) is 4.68 Å². The molecule has 0 spiro atoms. The highest BCUT2D eigenvalue weighted by molar-refractivity contribution is 7.89. The molecule has 7 heteroatoms. The summed E-state index contributed by atoms with van der Waals surface area (Å²) in [6.45, 7) is 4.88. The van der Waals surface area contributed by atoms with Gasteiger partial charge in [0.15, 0.2) is 0 Å². The van der Waals surface area contributed by atoms with E-state index >= 15 is 0 Å². The van der Waals surface area contributed by atoms with Crippen molar-refractivity contribution in [2.75, 3.05) is 7.05 Å². The smallest absolute Gasteiger partial charge is 0.247 e. The quantitative estimate of drug-likeness (QED) is 0.792. The van der Waals surface area contributed by atoms with Crippen LogP contribution < -0.4 is 0 Å². The van der Waals surface area contributed by atoms with Gasteiger partial charge in [0.2, 0.25) is 10.0 Å². The maximum Gasteiger partial charge on any atom is 0.247 e. The Kier molecular flexibility index (Phi) is 3.59. The molecule has 1 aromatic heterocycles. The minimum atomic E-state index is -3.66. The van der Waals surface area contributed by atoms with E-state index in [4.69, 9.17) is 5.26 Å². The number of nitrogens with zero attached hydrogens (tertiary/aromatic N) is 4. The van der Waals surface area contributed by atoms with Crippen molar-refractivity contribution in [1.29, 1.82) is 5.26 Å². The number of hydrogen-bond acceptors (Lipinski definition) is 4. The Bertz CT molecular complexity index is 568. The first kappa shape index (κ1) is 13.7. The van der Waals surface area contributed by atoms with Crippen LogP contribution >= 0.6 is 0 Å². The summed E-state index contributed by atoms with van der Waals surface area (Å²) in [4.78, 5) is 0.185. The van der Waals surface area contributed by atoms with Crippen LogP contribution in [0, 0.1) is 25.2 Å². The van der Waals surface area contributed by atoms with Gasteiger partial charge in [-0.1, -0.05) is 0 Å². The van der Waals surface area contributed by atoms with Crippen molar-refractivity contribution in [3.8, 4) is 6.07 Å². The first-order chi connectivity index (χ1) is 7.73. The molecule has 0 aliphatic rings. The first-order valence-corrected chi connectivity index (χ1v) is 6.55. The third-order valence-corrected chi connectivity index (χ3v) is 4.99.